The maximum atomic E-state index is 2.45. The second kappa shape index (κ2) is 8.90. The minimum Gasteiger partial charge on any atom is -0.0619 e. The van der Waals surface area contributed by atoms with Crippen LogP contribution in [0.1, 0.15) is 25.0 Å². The fraction of sp³-hybridized carbons (Fsp3) is 0.0698. The standard InChI is InChI=1S/C43H30/c1-43(2)40-21-10-9-17-34(40)35-23-22-28(26-41(35)43)38-24-29-25-39(31-20-11-13-27-12-3-4-14-30(27)31)33-16-6-8-19-37(33)42(29)36-18-7-5-15-32(36)38/h3-26H,1-2H3. The summed E-state index contributed by atoms with van der Waals surface area (Å²) in [5.74, 6) is 0. The quantitative estimate of drug-likeness (QED) is 0.189. The minimum absolute atomic E-state index is 0.0354. The smallest absolute Gasteiger partial charge is 0.0159 e. The first-order valence-electron chi connectivity index (χ1n) is 15.2. The molecule has 0 amide bonds. The van der Waals surface area contributed by atoms with Gasteiger partial charge in [0, 0.05) is 5.41 Å². The molecule has 9 rings (SSSR count). The van der Waals surface area contributed by atoms with E-state index in [1.54, 1.807) is 0 Å². The van der Waals surface area contributed by atoms with Crippen LogP contribution in [0.5, 0.6) is 0 Å². The highest BCUT2D eigenvalue weighted by Crippen LogP contribution is 2.50. The topological polar surface area (TPSA) is 0 Å². The second-order valence-electron chi connectivity index (χ2n) is 12.5. The average molecular weight is 547 g/mol. The van der Waals surface area contributed by atoms with E-state index in [0.717, 1.165) is 0 Å². The Bertz CT molecular complexity index is 2420. The normalized spacial score (nSPS) is 13.5. The Morgan fingerprint density at radius 2 is 0.907 bits per heavy atom. The molecule has 43 heavy (non-hydrogen) atoms. The van der Waals surface area contributed by atoms with Crippen LogP contribution in [0, 0.1) is 0 Å². The highest BCUT2D eigenvalue weighted by Gasteiger charge is 2.35. The fourth-order valence-corrected chi connectivity index (χ4v) is 7.77. The van der Waals surface area contributed by atoms with Crippen molar-refractivity contribution in [1.29, 1.82) is 0 Å². The summed E-state index contributed by atoms with van der Waals surface area (Å²) in [7, 11) is 0. The largest absolute Gasteiger partial charge is 0.0619 e. The molecule has 0 bridgehead atoms. The monoisotopic (exact) mass is 546 g/mol. The Hall–Kier alpha value is -5.20. The van der Waals surface area contributed by atoms with Crippen molar-refractivity contribution < 1.29 is 0 Å². The maximum Gasteiger partial charge on any atom is 0.0159 e. The molecule has 1 aliphatic rings. The first kappa shape index (κ1) is 24.4. The summed E-state index contributed by atoms with van der Waals surface area (Å²) < 4.78 is 0. The van der Waals surface area contributed by atoms with E-state index >= 15 is 0 Å². The molecule has 1 aliphatic carbocycles. The van der Waals surface area contributed by atoms with Crippen molar-refractivity contribution in [2.75, 3.05) is 0 Å². The molecule has 8 aromatic carbocycles. The molecular weight excluding hydrogens is 516 g/mol. The highest BCUT2D eigenvalue weighted by atomic mass is 14.4. The van der Waals surface area contributed by atoms with E-state index in [1.807, 2.05) is 0 Å². The van der Waals surface area contributed by atoms with Crippen LogP contribution in [0.15, 0.2) is 146 Å². The van der Waals surface area contributed by atoms with Crippen LogP contribution in [-0.2, 0) is 5.41 Å². The van der Waals surface area contributed by atoms with Crippen molar-refractivity contribution in [3.05, 3.63) is 157 Å². The first-order valence-corrected chi connectivity index (χ1v) is 15.2. The van der Waals surface area contributed by atoms with E-state index in [9.17, 15) is 0 Å². The van der Waals surface area contributed by atoms with Crippen molar-refractivity contribution >= 4 is 43.1 Å². The lowest BCUT2D eigenvalue weighted by Gasteiger charge is -2.22. The molecule has 8 aromatic rings. The number of benzene rings is 8. The Balaban J connectivity index is 1.36. The molecule has 0 atom stereocenters. The van der Waals surface area contributed by atoms with E-state index in [2.05, 4.69) is 159 Å². The van der Waals surface area contributed by atoms with Crippen molar-refractivity contribution in [3.8, 4) is 33.4 Å². The summed E-state index contributed by atoms with van der Waals surface area (Å²) in [6, 6.07) is 54.2. The molecule has 0 aromatic heterocycles. The zero-order chi connectivity index (χ0) is 28.7. The summed E-state index contributed by atoms with van der Waals surface area (Å²) in [6.45, 7) is 4.73. The summed E-state index contributed by atoms with van der Waals surface area (Å²) >= 11 is 0. The number of fused-ring (bicyclic) bond motifs is 9. The van der Waals surface area contributed by atoms with Gasteiger partial charge in [-0.3, -0.25) is 0 Å². The van der Waals surface area contributed by atoms with Gasteiger partial charge in [0.1, 0.15) is 0 Å². The first-order chi connectivity index (χ1) is 21.1. The maximum absolute atomic E-state index is 2.45. The van der Waals surface area contributed by atoms with Gasteiger partial charge in [-0.2, -0.15) is 0 Å². The second-order valence-corrected chi connectivity index (χ2v) is 12.5. The minimum atomic E-state index is -0.0354. The number of hydrogen-bond donors (Lipinski definition) is 0. The van der Waals surface area contributed by atoms with Crippen molar-refractivity contribution in [3.63, 3.8) is 0 Å². The fourth-order valence-electron chi connectivity index (χ4n) is 7.77. The number of hydrogen-bond acceptors (Lipinski definition) is 0. The molecule has 0 aliphatic heterocycles. The van der Waals surface area contributed by atoms with Crippen molar-refractivity contribution in [2.45, 2.75) is 19.3 Å². The molecule has 0 spiro atoms. The van der Waals surface area contributed by atoms with Gasteiger partial charge in [-0.05, 0) is 106 Å². The third-order valence-corrected chi connectivity index (χ3v) is 9.84. The summed E-state index contributed by atoms with van der Waals surface area (Å²) in [5.41, 5.74) is 10.6. The Morgan fingerprint density at radius 1 is 0.349 bits per heavy atom. The lowest BCUT2D eigenvalue weighted by molar-refractivity contribution is 0.660. The molecule has 0 nitrogen and oxygen atoms in total. The van der Waals surface area contributed by atoms with Gasteiger partial charge in [-0.15, -0.1) is 0 Å². The van der Waals surface area contributed by atoms with E-state index in [-0.39, 0.29) is 5.41 Å². The predicted molar refractivity (Wildman–Crippen MR) is 185 cm³/mol. The molecule has 0 saturated heterocycles. The highest BCUT2D eigenvalue weighted by molar-refractivity contribution is 6.26. The van der Waals surface area contributed by atoms with Gasteiger partial charge in [-0.1, -0.05) is 141 Å². The van der Waals surface area contributed by atoms with Gasteiger partial charge in [0.05, 0.1) is 0 Å². The summed E-state index contributed by atoms with van der Waals surface area (Å²) in [5, 5.41) is 10.4. The Labute approximate surface area is 251 Å². The molecule has 202 valence electrons. The van der Waals surface area contributed by atoms with Crippen molar-refractivity contribution in [1.82, 2.24) is 0 Å². The van der Waals surface area contributed by atoms with Gasteiger partial charge < -0.3 is 0 Å². The lowest BCUT2D eigenvalue weighted by Crippen LogP contribution is -2.14. The molecule has 0 heteroatoms. The summed E-state index contributed by atoms with van der Waals surface area (Å²) in [4.78, 5) is 0. The molecule has 0 radical (unpaired) electrons. The van der Waals surface area contributed by atoms with Gasteiger partial charge >= 0.3 is 0 Å². The van der Waals surface area contributed by atoms with E-state index in [0.29, 0.717) is 0 Å². The van der Waals surface area contributed by atoms with Crippen LogP contribution in [0.2, 0.25) is 0 Å². The molecule has 0 heterocycles. The van der Waals surface area contributed by atoms with Crippen LogP contribution in [0.3, 0.4) is 0 Å². The van der Waals surface area contributed by atoms with Crippen LogP contribution in [0.4, 0.5) is 0 Å². The molecular formula is C43H30. The third-order valence-electron chi connectivity index (χ3n) is 9.84. The Morgan fingerprint density at radius 3 is 1.70 bits per heavy atom. The van der Waals surface area contributed by atoms with Gasteiger partial charge in [-0.25, -0.2) is 0 Å². The van der Waals surface area contributed by atoms with Gasteiger partial charge in [0.15, 0.2) is 0 Å². The van der Waals surface area contributed by atoms with E-state index in [1.165, 1.54) is 87.6 Å². The molecule has 0 fully saturated rings. The molecule has 0 saturated carbocycles. The van der Waals surface area contributed by atoms with Gasteiger partial charge in [0.2, 0.25) is 0 Å². The SMILES string of the molecule is CC1(C)c2ccccc2-c2ccc(-c3cc4cc(-c5cccc6ccccc56)c5ccccc5c4c4ccccc34)cc21. The lowest BCUT2D eigenvalue weighted by atomic mass is 9.81. The molecule has 0 N–H and O–H groups in total. The predicted octanol–water partition coefficient (Wildman–Crippen LogP) is 11.9. The Kier molecular flexibility index (Phi) is 5.05. The van der Waals surface area contributed by atoms with Gasteiger partial charge in [0.25, 0.3) is 0 Å². The molecule has 0 unspecified atom stereocenters. The average Bonchev–Trinajstić information content (AvgIpc) is 3.29. The van der Waals surface area contributed by atoms with Crippen LogP contribution >= 0.6 is 0 Å². The third kappa shape index (κ3) is 3.44. The van der Waals surface area contributed by atoms with Crippen LogP contribution in [0.25, 0.3) is 76.5 Å². The zero-order valence-electron chi connectivity index (χ0n) is 24.4. The van der Waals surface area contributed by atoms with Crippen molar-refractivity contribution in [2.24, 2.45) is 0 Å². The van der Waals surface area contributed by atoms with E-state index in [4.69, 9.17) is 0 Å². The summed E-state index contributed by atoms with van der Waals surface area (Å²) in [6.07, 6.45) is 0. The number of rotatable bonds is 2. The zero-order valence-corrected chi connectivity index (χ0v) is 24.4. The van der Waals surface area contributed by atoms with Crippen LogP contribution in [-0.4, -0.2) is 0 Å². The van der Waals surface area contributed by atoms with E-state index < -0.39 is 0 Å². The van der Waals surface area contributed by atoms with Crippen LogP contribution < -0.4 is 0 Å².